The topological polar surface area (TPSA) is 210 Å². The summed E-state index contributed by atoms with van der Waals surface area (Å²) in [5.41, 5.74) is 0. The average molecular weight is 1090 g/mol. The summed E-state index contributed by atoms with van der Waals surface area (Å²) in [7, 11) is -5.14. The summed E-state index contributed by atoms with van der Waals surface area (Å²) >= 11 is 0. The van der Waals surface area contributed by atoms with Crippen LogP contribution < -0.4 is 0 Å². The summed E-state index contributed by atoms with van der Waals surface area (Å²) < 4.78 is 33.8. The Morgan fingerprint density at radius 3 is 1.09 bits per heavy atom. The predicted molar refractivity (Wildman–Crippen MR) is 304 cm³/mol. The Labute approximate surface area is 457 Å². The number of aliphatic hydroxyl groups excluding tert-OH is 5. The molecule has 1 rings (SSSR count). The standard InChI is InChI=1S/C61H115O13P/c1-3-5-7-9-11-13-15-17-19-21-23-25-27-29-31-33-35-37-39-41-43-45-47-49-54(62)71-51-53(52-72-75(69,70)74-61-59(67)57(65)56(64)58(66)60(61)68)73-55(63)50-48-46-44-42-40-38-36-34-32-30-28-26-24-22-20-18-16-14-12-10-8-6-4-2/h34,36,42,44,53,56-61,64-68H,3-33,35,37-41,43,45-52H2,1-2H3,(H,69,70)/b36-34+,44-42+/t53-,56?,57-,58?,59?,60?,61?/m0/s1. The van der Waals surface area contributed by atoms with Crippen LogP contribution in [0.1, 0.15) is 296 Å². The molecule has 0 bridgehead atoms. The van der Waals surface area contributed by atoms with Crippen molar-refractivity contribution in [3.63, 3.8) is 0 Å². The minimum Gasteiger partial charge on any atom is -0.462 e. The zero-order chi connectivity index (χ0) is 54.9. The average Bonchev–Trinajstić information content (AvgIpc) is 3.39. The largest absolute Gasteiger partial charge is 0.472 e. The number of carbonyl (C=O) groups excluding carboxylic acids is 2. The van der Waals surface area contributed by atoms with Crippen molar-refractivity contribution in [2.24, 2.45) is 0 Å². The van der Waals surface area contributed by atoms with Crippen LogP contribution in [0.25, 0.3) is 0 Å². The number of esters is 2. The second kappa shape index (κ2) is 50.5. The molecular formula is C61H115O13P. The number of hydrogen-bond acceptors (Lipinski definition) is 12. The first-order chi connectivity index (χ1) is 36.4. The Hall–Kier alpha value is -1.67. The first-order valence-corrected chi connectivity index (χ1v) is 32.6. The molecule has 0 aromatic heterocycles. The Morgan fingerprint density at radius 2 is 0.707 bits per heavy atom. The van der Waals surface area contributed by atoms with Crippen LogP contribution in [0.3, 0.4) is 0 Å². The van der Waals surface area contributed by atoms with E-state index in [1.54, 1.807) is 0 Å². The second-order valence-electron chi connectivity index (χ2n) is 21.9. The van der Waals surface area contributed by atoms with Crippen molar-refractivity contribution in [1.82, 2.24) is 0 Å². The smallest absolute Gasteiger partial charge is 0.462 e. The second-order valence-corrected chi connectivity index (χ2v) is 23.3. The molecule has 0 radical (unpaired) electrons. The van der Waals surface area contributed by atoms with Gasteiger partial charge in [0.2, 0.25) is 0 Å². The summed E-state index contributed by atoms with van der Waals surface area (Å²) in [5.74, 6) is -1.13. The van der Waals surface area contributed by atoms with Crippen LogP contribution in [0.4, 0.5) is 0 Å². The molecule has 1 aliphatic carbocycles. The van der Waals surface area contributed by atoms with Gasteiger partial charge in [-0.3, -0.25) is 18.6 Å². The molecule has 0 amide bonds. The number of allylic oxidation sites excluding steroid dienone is 4. The Kier molecular flexibility index (Phi) is 48.1. The lowest BCUT2D eigenvalue weighted by Gasteiger charge is -2.41. The lowest BCUT2D eigenvalue weighted by atomic mass is 9.85. The highest BCUT2D eigenvalue weighted by Gasteiger charge is 2.51. The number of ether oxygens (including phenoxy) is 2. The predicted octanol–water partition coefficient (Wildman–Crippen LogP) is 15.1. The number of phosphoric ester groups is 1. The third-order valence-corrected chi connectivity index (χ3v) is 15.8. The van der Waals surface area contributed by atoms with E-state index in [-0.39, 0.29) is 12.8 Å². The molecule has 1 fully saturated rings. The van der Waals surface area contributed by atoms with Gasteiger partial charge in [-0.1, -0.05) is 263 Å². The maximum Gasteiger partial charge on any atom is 0.472 e. The van der Waals surface area contributed by atoms with Crippen LogP contribution in [-0.4, -0.2) is 98.3 Å². The fourth-order valence-electron chi connectivity index (χ4n) is 9.84. The lowest BCUT2D eigenvalue weighted by Crippen LogP contribution is -2.64. The molecule has 6 unspecified atom stereocenters. The summed E-state index contributed by atoms with van der Waals surface area (Å²) in [6, 6.07) is 0. The van der Waals surface area contributed by atoms with E-state index in [4.69, 9.17) is 18.5 Å². The van der Waals surface area contributed by atoms with Crippen LogP contribution in [0, 0.1) is 0 Å². The first kappa shape index (κ1) is 71.3. The molecule has 0 heterocycles. The molecule has 14 heteroatoms. The van der Waals surface area contributed by atoms with Crippen LogP contribution >= 0.6 is 7.82 Å². The van der Waals surface area contributed by atoms with Crippen molar-refractivity contribution in [1.29, 1.82) is 0 Å². The molecule has 1 aliphatic rings. The van der Waals surface area contributed by atoms with Crippen LogP contribution in [0.15, 0.2) is 24.3 Å². The molecule has 0 spiro atoms. The highest BCUT2D eigenvalue weighted by atomic mass is 31.2. The fourth-order valence-corrected chi connectivity index (χ4v) is 10.8. The van der Waals surface area contributed by atoms with Gasteiger partial charge in [0.25, 0.3) is 0 Å². The number of phosphoric acid groups is 1. The Morgan fingerprint density at radius 1 is 0.400 bits per heavy atom. The van der Waals surface area contributed by atoms with E-state index < -0.39 is 75.7 Å². The SMILES string of the molecule is CCCCCCCCCCCCCCCC/C=C/CC/C=C/CCCC(=O)O[C@@H](COC(=O)CCCCCCCCCCCCCCCCCCCCCCCCC)COP(=O)(O)OC1C(O)C(O)C(O)[C@H](O)C1O. The van der Waals surface area contributed by atoms with E-state index in [9.17, 15) is 44.6 Å². The lowest BCUT2D eigenvalue weighted by molar-refractivity contribution is -0.220. The third-order valence-electron chi connectivity index (χ3n) is 14.8. The van der Waals surface area contributed by atoms with E-state index in [1.807, 2.05) is 6.08 Å². The quantitative estimate of drug-likeness (QED) is 0.0145. The van der Waals surface area contributed by atoms with Gasteiger partial charge in [-0.25, -0.2) is 4.57 Å². The summed E-state index contributed by atoms with van der Waals surface area (Å²) in [6.45, 7) is 3.35. The van der Waals surface area contributed by atoms with Gasteiger partial charge in [0, 0.05) is 12.8 Å². The maximum atomic E-state index is 12.9. The third kappa shape index (κ3) is 42.0. The van der Waals surface area contributed by atoms with Gasteiger partial charge in [-0.15, -0.1) is 0 Å². The van der Waals surface area contributed by atoms with Crippen molar-refractivity contribution in [2.45, 2.75) is 339 Å². The molecule has 442 valence electrons. The fraction of sp³-hybridized carbons (Fsp3) is 0.902. The number of hydrogen-bond donors (Lipinski definition) is 6. The monoisotopic (exact) mass is 1090 g/mol. The molecule has 13 nitrogen and oxygen atoms in total. The van der Waals surface area contributed by atoms with Crippen LogP contribution in [0.2, 0.25) is 0 Å². The zero-order valence-electron chi connectivity index (χ0n) is 47.9. The number of aliphatic hydroxyl groups is 5. The molecule has 0 aliphatic heterocycles. The van der Waals surface area contributed by atoms with Gasteiger partial charge < -0.3 is 39.9 Å². The van der Waals surface area contributed by atoms with Crippen LogP contribution in [0.5, 0.6) is 0 Å². The minimum atomic E-state index is -5.14. The van der Waals surface area contributed by atoms with Gasteiger partial charge in [0.1, 0.15) is 43.2 Å². The number of rotatable bonds is 54. The molecular weight excluding hydrogens is 972 g/mol. The van der Waals surface area contributed by atoms with E-state index >= 15 is 0 Å². The van der Waals surface area contributed by atoms with Crippen molar-refractivity contribution >= 4 is 19.8 Å². The Bertz CT molecular complexity index is 1400. The highest BCUT2D eigenvalue weighted by molar-refractivity contribution is 7.47. The van der Waals surface area contributed by atoms with E-state index in [2.05, 4.69) is 32.1 Å². The summed E-state index contributed by atoms with van der Waals surface area (Å²) in [4.78, 5) is 36.0. The van der Waals surface area contributed by atoms with Gasteiger partial charge in [0.05, 0.1) is 6.61 Å². The molecule has 0 aromatic rings. The normalized spacial score (nSPS) is 20.3. The summed E-state index contributed by atoms with van der Waals surface area (Å²) in [6.07, 6.45) is 48.2. The van der Waals surface area contributed by atoms with Gasteiger partial charge in [0.15, 0.2) is 6.10 Å². The highest BCUT2D eigenvalue weighted by Crippen LogP contribution is 2.47. The summed E-state index contributed by atoms with van der Waals surface area (Å²) in [5, 5.41) is 50.4. The molecule has 0 aromatic carbocycles. The number of carbonyl (C=O) groups is 2. The van der Waals surface area contributed by atoms with Crippen molar-refractivity contribution in [3.05, 3.63) is 24.3 Å². The number of unbranched alkanes of at least 4 members (excludes halogenated alkanes) is 38. The first-order valence-electron chi connectivity index (χ1n) is 31.1. The van der Waals surface area contributed by atoms with Crippen molar-refractivity contribution < 1.29 is 63.1 Å². The molecule has 75 heavy (non-hydrogen) atoms. The van der Waals surface area contributed by atoms with E-state index in [1.165, 1.54) is 212 Å². The van der Waals surface area contributed by atoms with Crippen molar-refractivity contribution in [2.75, 3.05) is 13.2 Å². The van der Waals surface area contributed by atoms with Crippen molar-refractivity contribution in [3.8, 4) is 0 Å². The van der Waals surface area contributed by atoms with Gasteiger partial charge in [-0.05, 0) is 44.9 Å². The van der Waals surface area contributed by atoms with E-state index in [0.29, 0.717) is 19.3 Å². The Balaban J connectivity index is 2.31. The molecule has 0 saturated heterocycles. The molecule has 6 N–H and O–H groups in total. The maximum absolute atomic E-state index is 12.9. The molecule has 1 saturated carbocycles. The minimum absolute atomic E-state index is 0.0409. The zero-order valence-corrected chi connectivity index (χ0v) is 48.8. The van der Waals surface area contributed by atoms with Gasteiger partial charge in [-0.2, -0.15) is 0 Å². The van der Waals surface area contributed by atoms with E-state index in [0.717, 1.165) is 38.5 Å². The van der Waals surface area contributed by atoms with Crippen LogP contribution in [-0.2, 0) is 32.7 Å². The molecule has 8 atom stereocenters. The van der Waals surface area contributed by atoms with Gasteiger partial charge >= 0.3 is 19.8 Å².